The minimum atomic E-state index is 0.438. The zero-order valence-electron chi connectivity index (χ0n) is 16.3. The zero-order valence-corrected chi connectivity index (χ0v) is 16.3. The molecule has 28 heavy (non-hydrogen) atoms. The Morgan fingerprint density at radius 3 is 2.07 bits per heavy atom. The maximum atomic E-state index is 10.2. The summed E-state index contributed by atoms with van der Waals surface area (Å²) in [6.45, 7) is 5.81. The molecular weight excluding hydrogens is 344 g/mol. The van der Waals surface area contributed by atoms with Gasteiger partial charge in [0.25, 0.3) is 0 Å². The van der Waals surface area contributed by atoms with Crippen LogP contribution < -0.4 is 0 Å². The van der Waals surface area contributed by atoms with Crippen LogP contribution in [0.15, 0.2) is 78.9 Å². The fourth-order valence-electron chi connectivity index (χ4n) is 3.99. The molecule has 3 aromatic carbocycles. The Bertz CT molecular complexity index is 838. The number of nitrogens with zero attached hydrogens (tertiary/aromatic N) is 2. The predicted octanol–water partition coefficient (Wildman–Crippen LogP) is 4.45. The molecule has 144 valence electrons. The van der Waals surface area contributed by atoms with Crippen LogP contribution in [0.4, 0.5) is 0 Å². The van der Waals surface area contributed by atoms with Gasteiger partial charge in [-0.1, -0.05) is 72.8 Å². The van der Waals surface area contributed by atoms with Crippen molar-refractivity contribution in [2.45, 2.75) is 26.1 Å². The Balaban J connectivity index is 1.41. The molecule has 0 bridgehead atoms. The van der Waals surface area contributed by atoms with Crippen molar-refractivity contribution in [2.75, 3.05) is 19.6 Å². The molecule has 4 rings (SSSR count). The molecule has 1 N–H and O–H groups in total. The summed E-state index contributed by atoms with van der Waals surface area (Å²) in [6, 6.07) is 27.3. The highest BCUT2D eigenvalue weighted by Gasteiger charge is 2.19. The van der Waals surface area contributed by atoms with Gasteiger partial charge >= 0.3 is 0 Å². The van der Waals surface area contributed by atoms with Gasteiger partial charge in [-0.05, 0) is 29.2 Å². The number of fused-ring (bicyclic) bond motifs is 1. The van der Waals surface area contributed by atoms with Crippen LogP contribution in [0.3, 0.4) is 0 Å². The smallest absolute Gasteiger partial charge is 0.120 e. The lowest BCUT2D eigenvalue weighted by atomic mass is 9.99. The van der Waals surface area contributed by atoms with Gasteiger partial charge in [-0.2, -0.15) is 0 Å². The van der Waals surface area contributed by atoms with E-state index in [4.69, 9.17) is 0 Å². The van der Waals surface area contributed by atoms with Gasteiger partial charge in [0.05, 0.1) is 0 Å². The maximum Gasteiger partial charge on any atom is 0.120 e. The van der Waals surface area contributed by atoms with Gasteiger partial charge in [0.15, 0.2) is 0 Å². The van der Waals surface area contributed by atoms with E-state index in [1.165, 1.54) is 16.7 Å². The van der Waals surface area contributed by atoms with E-state index < -0.39 is 0 Å². The number of aromatic hydroxyl groups is 1. The molecule has 0 spiro atoms. The first-order valence-electron chi connectivity index (χ1n) is 10.1. The molecule has 0 saturated heterocycles. The molecule has 1 aliphatic heterocycles. The molecule has 0 aromatic heterocycles. The molecule has 0 unspecified atom stereocenters. The van der Waals surface area contributed by atoms with Gasteiger partial charge in [0.1, 0.15) is 5.75 Å². The van der Waals surface area contributed by atoms with Crippen molar-refractivity contribution in [3.63, 3.8) is 0 Å². The van der Waals surface area contributed by atoms with Crippen molar-refractivity contribution in [1.29, 1.82) is 0 Å². The highest BCUT2D eigenvalue weighted by molar-refractivity contribution is 5.40. The summed E-state index contributed by atoms with van der Waals surface area (Å²) >= 11 is 0. The molecule has 0 fully saturated rings. The summed E-state index contributed by atoms with van der Waals surface area (Å²) in [4.78, 5) is 4.98. The molecule has 0 aliphatic carbocycles. The van der Waals surface area contributed by atoms with Crippen LogP contribution in [0.1, 0.15) is 22.3 Å². The van der Waals surface area contributed by atoms with E-state index in [9.17, 15) is 5.11 Å². The lowest BCUT2D eigenvalue weighted by Crippen LogP contribution is -2.37. The third kappa shape index (κ3) is 4.80. The number of benzene rings is 3. The van der Waals surface area contributed by atoms with E-state index in [-0.39, 0.29) is 0 Å². The Labute approximate surface area is 167 Å². The standard InChI is InChI=1S/C25H28N2O/c28-25-13-7-12-23-14-15-26(20-24(23)25)16-17-27(18-21-8-3-1-4-9-21)19-22-10-5-2-6-11-22/h1-13,28H,14-20H2. The minimum absolute atomic E-state index is 0.438. The molecule has 3 aromatic rings. The molecular formula is C25H28N2O. The van der Waals surface area contributed by atoms with Crippen molar-refractivity contribution in [2.24, 2.45) is 0 Å². The first kappa shape index (κ1) is 18.7. The van der Waals surface area contributed by atoms with E-state index >= 15 is 0 Å². The van der Waals surface area contributed by atoms with Crippen LogP contribution in [0.5, 0.6) is 5.75 Å². The Morgan fingerprint density at radius 2 is 1.43 bits per heavy atom. The third-order valence-corrected chi connectivity index (χ3v) is 5.56. The number of phenolic OH excluding ortho intramolecular Hbond substituents is 1. The maximum absolute atomic E-state index is 10.2. The van der Waals surface area contributed by atoms with Crippen LogP contribution in [0.2, 0.25) is 0 Å². The SMILES string of the molecule is Oc1cccc2c1CN(CCN(Cc1ccccc1)Cc1ccccc1)CC2. The number of rotatable bonds is 7. The average molecular weight is 373 g/mol. The van der Waals surface area contributed by atoms with Crippen molar-refractivity contribution < 1.29 is 5.11 Å². The van der Waals surface area contributed by atoms with E-state index in [0.717, 1.165) is 51.3 Å². The molecule has 1 aliphatic rings. The number of hydrogen-bond donors (Lipinski definition) is 1. The molecule has 0 amide bonds. The summed E-state index contributed by atoms with van der Waals surface area (Å²) in [7, 11) is 0. The summed E-state index contributed by atoms with van der Waals surface area (Å²) in [5, 5.41) is 10.2. The van der Waals surface area contributed by atoms with Crippen LogP contribution >= 0.6 is 0 Å². The second-order valence-corrected chi connectivity index (χ2v) is 7.62. The van der Waals surface area contributed by atoms with Crippen LogP contribution in [0.25, 0.3) is 0 Å². The van der Waals surface area contributed by atoms with E-state index in [2.05, 4.69) is 76.5 Å². The molecule has 0 saturated carbocycles. The summed E-state index contributed by atoms with van der Waals surface area (Å²) in [6.07, 6.45) is 1.01. The lowest BCUT2D eigenvalue weighted by molar-refractivity contribution is 0.181. The molecule has 0 radical (unpaired) electrons. The monoisotopic (exact) mass is 372 g/mol. The van der Waals surface area contributed by atoms with E-state index in [1.54, 1.807) is 6.07 Å². The average Bonchev–Trinajstić information content (AvgIpc) is 2.74. The van der Waals surface area contributed by atoms with Crippen LogP contribution in [-0.2, 0) is 26.1 Å². The van der Waals surface area contributed by atoms with Gasteiger partial charge in [-0.25, -0.2) is 0 Å². The molecule has 0 atom stereocenters. The van der Waals surface area contributed by atoms with Gasteiger partial charge in [0.2, 0.25) is 0 Å². The van der Waals surface area contributed by atoms with E-state index in [0.29, 0.717) is 5.75 Å². The second-order valence-electron chi connectivity index (χ2n) is 7.62. The highest BCUT2D eigenvalue weighted by atomic mass is 16.3. The largest absolute Gasteiger partial charge is 0.508 e. The van der Waals surface area contributed by atoms with Crippen LogP contribution in [-0.4, -0.2) is 34.5 Å². The number of hydrogen-bond acceptors (Lipinski definition) is 3. The zero-order chi connectivity index (χ0) is 19.2. The van der Waals surface area contributed by atoms with Gasteiger partial charge in [-0.3, -0.25) is 9.80 Å². The fourth-order valence-corrected chi connectivity index (χ4v) is 3.99. The molecule has 1 heterocycles. The first-order valence-corrected chi connectivity index (χ1v) is 10.1. The summed E-state index contributed by atoms with van der Waals surface area (Å²) in [5.74, 6) is 0.438. The quantitative estimate of drug-likeness (QED) is 0.664. The van der Waals surface area contributed by atoms with Crippen LogP contribution in [0, 0.1) is 0 Å². The predicted molar refractivity (Wildman–Crippen MR) is 114 cm³/mol. The van der Waals surface area contributed by atoms with Crippen molar-refractivity contribution in [1.82, 2.24) is 9.80 Å². The van der Waals surface area contributed by atoms with Crippen molar-refractivity contribution in [3.8, 4) is 5.75 Å². The first-order chi connectivity index (χ1) is 13.8. The fraction of sp³-hybridized carbons (Fsp3) is 0.280. The molecule has 3 nitrogen and oxygen atoms in total. The van der Waals surface area contributed by atoms with Gasteiger partial charge in [0, 0.05) is 44.8 Å². The Kier molecular flexibility index (Phi) is 6.05. The van der Waals surface area contributed by atoms with E-state index in [1.807, 2.05) is 6.07 Å². The third-order valence-electron chi connectivity index (χ3n) is 5.56. The second kappa shape index (κ2) is 9.05. The summed E-state index contributed by atoms with van der Waals surface area (Å²) in [5.41, 5.74) is 5.09. The number of phenols is 1. The van der Waals surface area contributed by atoms with Crippen molar-refractivity contribution >= 4 is 0 Å². The normalized spacial score (nSPS) is 14.2. The summed E-state index contributed by atoms with van der Waals surface area (Å²) < 4.78 is 0. The Morgan fingerprint density at radius 1 is 0.786 bits per heavy atom. The minimum Gasteiger partial charge on any atom is -0.508 e. The molecule has 3 heteroatoms. The van der Waals surface area contributed by atoms with Gasteiger partial charge < -0.3 is 5.11 Å². The topological polar surface area (TPSA) is 26.7 Å². The lowest BCUT2D eigenvalue weighted by Gasteiger charge is -2.31. The van der Waals surface area contributed by atoms with Crippen molar-refractivity contribution in [3.05, 3.63) is 101 Å². The Hall–Kier alpha value is -2.62. The van der Waals surface area contributed by atoms with Gasteiger partial charge in [-0.15, -0.1) is 0 Å². The highest BCUT2D eigenvalue weighted by Crippen LogP contribution is 2.26.